The topological polar surface area (TPSA) is 96.2 Å². The Balaban J connectivity index is 0.00000420. The van der Waals surface area contributed by atoms with Crippen LogP contribution in [-0.4, -0.2) is 39.7 Å². The zero-order valence-electron chi connectivity index (χ0n) is 17.6. The summed E-state index contributed by atoms with van der Waals surface area (Å²) in [5, 5.41) is 17.5. The molecule has 0 spiro atoms. The van der Waals surface area contributed by atoms with Crippen LogP contribution in [0, 0.1) is 5.92 Å². The number of hydrogen-bond acceptors (Lipinski definition) is 4. The summed E-state index contributed by atoms with van der Waals surface area (Å²) in [5.74, 6) is 1.73. The normalized spacial score (nSPS) is 11.1. The van der Waals surface area contributed by atoms with E-state index in [1.54, 1.807) is 6.33 Å². The van der Waals surface area contributed by atoms with Crippen molar-refractivity contribution >= 4 is 41.5 Å². The van der Waals surface area contributed by atoms with Crippen LogP contribution < -0.4 is 16.0 Å². The van der Waals surface area contributed by atoms with Crippen molar-refractivity contribution in [1.82, 2.24) is 25.4 Å². The molecule has 160 valence electrons. The maximum atomic E-state index is 11.8. The van der Waals surface area contributed by atoms with Gasteiger partial charge in [-0.15, -0.1) is 34.2 Å². The highest BCUT2D eigenvalue weighted by atomic mass is 127. The molecule has 0 aliphatic heterocycles. The van der Waals surface area contributed by atoms with E-state index in [-0.39, 0.29) is 35.8 Å². The van der Waals surface area contributed by atoms with Crippen molar-refractivity contribution in [1.29, 1.82) is 0 Å². The maximum Gasteiger partial charge on any atom is 0.226 e. The van der Waals surface area contributed by atoms with Crippen molar-refractivity contribution in [2.24, 2.45) is 10.9 Å². The van der Waals surface area contributed by atoms with Crippen LogP contribution in [0.25, 0.3) is 0 Å². The molecular formula is C20H32IN7O. The van der Waals surface area contributed by atoms with Gasteiger partial charge in [0, 0.05) is 37.7 Å². The highest BCUT2D eigenvalue weighted by molar-refractivity contribution is 14.0. The molecule has 1 heterocycles. The van der Waals surface area contributed by atoms with Crippen LogP contribution in [0.4, 0.5) is 5.69 Å². The van der Waals surface area contributed by atoms with E-state index in [2.05, 4.69) is 38.1 Å². The molecule has 0 atom stereocenters. The van der Waals surface area contributed by atoms with Gasteiger partial charge in [-0.05, 0) is 24.6 Å². The number of nitrogens with one attached hydrogen (secondary N) is 3. The lowest BCUT2D eigenvalue weighted by molar-refractivity contribution is -0.118. The van der Waals surface area contributed by atoms with Gasteiger partial charge in [0.1, 0.15) is 12.2 Å². The lowest BCUT2D eigenvalue weighted by Gasteiger charge is -2.12. The molecule has 29 heavy (non-hydrogen) atoms. The molecule has 1 amide bonds. The molecule has 1 aromatic carbocycles. The number of anilines is 1. The Kier molecular flexibility index (Phi) is 11.3. The summed E-state index contributed by atoms with van der Waals surface area (Å²) in [5.41, 5.74) is 1.88. The van der Waals surface area contributed by atoms with Crippen molar-refractivity contribution in [3.63, 3.8) is 0 Å². The number of aryl methyl sites for hydroxylation is 1. The van der Waals surface area contributed by atoms with Gasteiger partial charge >= 0.3 is 0 Å². The van der Waals surface area contributed by atoms with Crippen LogP contribution in [0.3, 0.4) is 0 Å². The van der Waals surface area contributed by atoms with Gasteiger partial charge in [-0.1, -0.05) is 32.9 Å². The van der Waals surface area contributed by atoms with Crippen LogP contribution in [0.15, 0.2) is 35.6 Å². The maximum absolute atomic E-state index is 11.8. The van der Waals surface area contributed by atoms with Crippen LogP contribution in [-0.2, 0) is 24.3 Å². The summed E-state index contributed by atoms with van der Waals surface area (Å²) in [6.45, 7) is 10.7. The van der Waals surface area contributed by atoms with Crippen molar-refractivity contribution < 1.29 is 4.79 Å². The number of carbonyl (C=O) groups excluding carboxylic acids is 1. The molecular weight excluding hydrogens is 481 g/mol. The van der Waals surface area contributed by atoms with Crippen molar-refractivity contribution in [3.05, 3.63) is 42.0 Å². The largest absolute Gasteiger partial charge is 0.357 e. The molecule has 0 fully saturated rings. The Bertz CT molecular complexity index is 771. The Labute approximate surface area is 190 Å². The summed E-state index contributed by atoms with van der Waals surface area (Å²) in [6, 6.07) is 7.77. The molecule has 0 bridgehead atoms. The first kappa shape index (κ1) is 24.9. The third-order valence-corrected chi connectivity index (χ3v) is 4.17. The van der Waals surface area contributed by atoms with E-state index in [0.29, 0.717) is 6.54 Å². The molecule has 0 unspecified atom stereocenters. The number of aliphatic imine (C=N–C) groups is 1. The third-order valence-electron chi connectivity index (χ3n) is 4.17. The minimum atomic E-state index is -0.0375. The Hall–Kier alpha value is -2.17. The van der Waals surface area contributed by atoms with Crippen molar-refractivity contribution in [2.75, 3.05) is 18.4 Å². The Morgan fingerprint density at radius 1 is 1.17 bits per heavy atom. The molecule has 2 rings (SSSR count). The number of amides is 1. The average molecular weight is 513 g/mol. The Morgan fingerprint density at radius 2 is 1.90 bits per heavy atom. The zero-order valence-corrected chi connectivity index (χ0v) is 19.9. The highest BCUT2D eigenvalue weighted by Gasteiger charge is 2.07. The molecule has 0 radical (unpaired) electrons. The van der Waals surface area contributed by atoms with Gasteiger partial charge in [-0.2, -0.15) is 0 Å². The number of aromatic nitrogens is 3. The molecule has 0 aliphatic rings. The number of guanidine groups is 1. The number of benzene rings is 1. The lowest BCUT2D eigenvalue weighted by Crippen LogP contribution is -2.38. The van der Waals surface area contributed by atoms with Crippen molar-refractivity contribution in [3.8, 4) is 0 Å². The monoisotopic (exact) mass is 513 g/mol. The summed E-state index contributed by atoms with van der Waals surface area (Å²) in [6.07, 6.45) is 2.62. The molecule has 8 nitrogen and oxygen atoms in total. The molecule has 0 saturated heterocycles. The Morgan fingerprint density at radius 3 is 2.52 bits per heavy atom. The smallest absolute Gasteiger partial charge is 0.226 e. The van der Waals surface area contributed by atoms with E-state index in [1.807, 2.05) is 49.6 Å². The van der Waals surface area contributed by atoms with Crippen molar-refractivity contribution in [2.45, 2.75) is 47.2 Å². The van der Waals surface area contributed by atoms with Crippen LogP contribution in [0.1, 0.15) is 39.1 Å². The molecule has 9 heteroatoms. The first-order valence-electron chi connectivity index (χ1n) is 9.82. The van der Waals surface area contributed by atoms with E-state index in [4.69, 9.17) is 0 Å². The fourth-order valence-electron chi connectivity index (χ4n) is 2.53. The predicted molar refractivity (Wildman–Crippen MR) is 128 cm³/mol. The van der Waals surface area contributed by atoms with Gasteiger partial charge in [-0.25, -0.2) is 4.99 Å². The van der Waals surface area contributed by atoms with Gasteiger partial charge in [0.15, 0.2) is 5.96 Å². The van der Waals surface area contributed by atoms with Crippen LogP contribution >= 0.6 is 24.0 Å². The van der Waals surface area contributed by atoms with Gasteiger partial charge in [-0.3, -0.25) is 4.79 Å². The van der Waals surface area contributed by atoms with Gasteiger partial charge in [0.2, 0.25) is 5.91 Å². The van der Waals surface area contributed by atoms with Gasteiger partial charge in [0.05, 0.1) is 6.54 Å². The summed E-state index contributed by atoms with van der Waals surface area (Å²) >= 11 is 0. The second-order valence-electron chi connectivity index (χ2n) is 6.76. The van der Waals surface area contributed by atoms with E-state index in [1.165, 1.54) is 0 Å². The summed E-state index contributed by atoms with van der Waals surface area (Å²) in [4.78, 5) is 16.4. The minimum Gasteiger partial charge on any atom is -0.357 e. The van der Waals surface area contributed by atoms with E-state index < -0.39 is 0 Å². The zero-order chi connectivity index (χ0) is 20.4. The second-order valence-corrected chi connectivity index (χ2v) is 6.76. The van der Waals surface area contributed by atoms with Crippen LogP contribution in [0.2, 0.25) is 0 Å². The van der Waals surface area contributed by atoms with E-state index >= 15 is 0 Å². The average Bonchev–Trinajstić information content (AvgIpc) is 3.14. The number of nitrogens with zero attached hydrogens (tertiary/aromatic N) is 4. The van der Waals surface area contributed by atoms with Gasteiger partial charge in [0.25, 0.3) is 0 Å². The quantitative estimate of drug-likeness (QED) is 0.272. The van der Waals surface area contributed by atoms with Gasteiger partial charge < -0.3 is 20.5 Å². The molecule has 1 aromatic heterocycles. The fourth-order valence-corrected chi connectivity index (χ4v) is 2.53. The number of carbonyl (C=O) groups is 1. The first-order chi connectivity index (χ1) is 13.5. The SMILES string of the molecule is CCNC(=NCc1ccc(NC(=O)C(C)C)cc1)NCCn1cnnc1CC.I. The third kappa shape index (κ3) is 8.38. The highest BCUT2D eigenvalue weighted by Crippen LogP contribution is 2.11. The summed E-state index contributed by atoms with van der Waals surface area (Å²) in [7, 11) is 0. The van der Waals surface area contributed by atoms with E-state index in [9.17, 15) is 4.79 Å². The summed E-state index contributed by atoms with van der Waals surface area (Å²) < 4.78 is 2.04. The number of rotatable bonds is 9. The number of halogens is 1. The molecule has 0 saturated carbocycles. The number of hydrogen-bond donors (Lipinski definition) is 3. The van der Waals surface area contributed by atoms with Crippen LogP contribution in [0.5, 0.6) is 0 Å². The minimum absolute atomic E-state index is 0. The molecule has 3 N–H and O–H groups in total. The molecule has 0 aliphatic carbocycles. The lowest BCUT2D eigenvalue weighted by atomic mass is 10.2. The van der Waals surface area contributed by atoms with E-state index in [0.717, 1.165) is 49.1 Å². The second kappa shape index (κ2) is 13.1. The standard InChI is InChI=1S/C20H31N7O.HI/c1-5-18-26-24-14-27(18)12-11-22-20(21-6-2)23-13-16-7-9-17(10-8-16)25-19(28)15(3)4;/h7-10,14-15H,5-6,11-13H2,1-4H3,(H,25,28)(H2,21,22,23);1H. The fraction of sp³-hybridized carbons (Fsp3) is 0.500. The first-order valence-corrected chi connectivity index (χ1v) is 9.82. The molecule has 2 aromatic rings. The predicted octanol–water partition coefficient (Wildman–Crippen LogP) is 2.81.